The Hall–Kier alpha value is -3.90. The van der Waals surface area contributed by atoms with Crippen molar-refractivity contribution in [3.63, 3.8) is 0 Å². The fourth-order valence-electron chi connectivity index (χ4n) is 2.63. The molecule has 33 heavy (non-hydrogen) atoms. The van der Waals surface area contributed by atoms with Gasteiger partial charge in [0.25, 0.3) is 11.9 Å². The highest BCUT2D eigenvalue weighted by atomic mass is 19.4. The average molecular weight is 476 g/mol. The molecule has 13 heteroatoms. The van der Waals surface area contributed by atoms with Gasteiger partial charge < -0.3 is 19.0 Å². The van der Waals surface area contributed by atoms with E-state index in [4.69, 9.17) is 4.42 Å². The number of hydrogen-bond acceptors (Lipinski definition) is 6. The number of rotatable bonds is 7. The lowest BCUT2D eigenvalue weighted by molar-refractivity contribution is -0.154. The van der Waals surface area contributed by atoms with Gasteiger partial charge in [0.2, 0.25) is 0 Å². The van der Waals surface area contributed by atoms with Gasteiger partial charge in [0, 0.05) is 5.39 Å². The first-order chi connectivity index (χ1) is 15.4. The van der Waals surface area contributed by atoms with Crippen molar-refractivity contribution in [2.24, 2.45) is 5.10 Å². The molecule has 0 unspecified atom stereocenters. The predicted octanol–water partition coefficient (Wildman–Crippen LogP) is 4.78. The molecule has 0 bridgehead atoms. The first-order valence-electron chi connectivity index (χ1n) is 9.00. The van der Waals surface area contributed by atoms with Crippen molar-refractivity contribution < 1.29 is 50.1 Å². The minimum Gasteiger partial charge on any atom is -0.484 e. The summed E-state index contributed by atoms with van der Waals surface area (Å²) in [4.78, 5) is 12.5. The van der Waals surface area contributed by atoms with E-state index >= 15 is 0 Å². The molecule has 0 atom stereocenters. The monoisotopic (exact) mass is 476 g/mol. The average Bonchev–Trinajstić information content (AvgIpc) is 3.06. The van der Waals surface area contributed by atoms with Gasteiger partial charge in [-0.15, -0.1) is 0 Å². The van der Waals surface area contributed by atoms with Crippen molar-refractivity contribution in [3.05, 3.63) is 53.8 Å². The number of hydrogen-bond donors (Lipinski definition) is 2. The summed E-state index contributed by atoms with van der Waals surface area (Å²) in [6.45, 7) is -3.42. The van der Waals surface area contributed by atoms with Crippen molar-refractivity contribution in [3.8, 4) is 17.4 Å². The third-order valence-corrected chi connectivity index (χ3v) is 3.97. The second-order valence-electron chi connectivity index (χ2n) is 6.48. The lowest BCUT2D eigenvalue weighted by Gasteiger charge is -2.14. The number of aromatic hydroxyl groups is 1. The third kappa shape index (κ3) is 6.54. The first kappa shape index (κ1) is 23.8. The molecule has 0 fully saturated rings. The van der Waals surface area contributed by atoms with Gasteiger partial charge in [-0.25, -0.2) is 5.43 Å². The molecule has 0 aliphatic heterocycles. The van der Waals surface area contributed by atoms with Gasteiger partial charge in [0.15, 0.2) is 19.0 Å². The Balaban J connectivity index is 1.81. The molecule has 2 aromatic carbocycles. The fraction of sp³-hybridized carbons (Fsp3) is 0.200. The fourth-order valence-corrected chi connectivity index (χ4v) is 2.63. The number of hydrazone groups is 1. The second-order valence-corrected chi connectivity index (χ2v) is 6.48. The van der Waals surface area contributed by atoms with E-state index in [-0.39, 0.29) is 5.76 Å². The Labute approximate surface area is 181 Å². The smallest absolute Gasteiger partial charge is 0.422 e. The van der Waals surface area contributed by atoms with Crippen LogP contribution in [0, 0.1) is 0 Å². The Bertz CT molecular complexity index is 1170. The Morgan fingerprint density at radius 2 is 1.64 bits per heavy atom. The van der Waals surface area contributed by atoms with Crippen LogP contribution in [0.4, 0.5) is 26.3 Å². The number of nitrogens with zero attached hydrogens (tertiary/aromatic N) is 1. The summed E-state index contributed by atoms with van der Waals surface area (Å²) in [5.41, 5.74) is 1.46. The zero-order chi connectivity index (χ0) is 24.2. The summed E-state index contributed by atoms with van der Waals surface area (Å²) in [5.74, 6) is -2.40. The molecular formula is C20H14F6N2O5. The van der Waals surface area contributed by atoms with Gasteiger partial charge in [-0.3, -0.25) is 4.79 Å². The van der Waals surface area contributed by atoms with Crippen LogP contribution in [-0.4, -0.2) is 42.8 Å². The molecule has 0 aliphatic rings. The highest BCUT2D eigenvalue weighted by Crippen LogP contribution is 2.30. The van der Waals surface area contributed by atoms with Crippen molar-refractivity contribution in [1.82, 2.24) is 5.43 Å². The van der Waals surface area contributed by atoms with Crippen LogP contribution in [0.2, 0.25) is 0 Å². The molecule has 7 nitrogen and oxygen atoms in total. The quantitative estimate of drug-likeness (QED) is 0.291. The second kappa shape index (κ2) is 9.30. The summed E-state index contributed by atoms with van der Waals surface area (Å²) in [6, 6.07) is 9.06. The number of carbonyl (C=O) groups is 1. The summed E-state index contributed by atoms with van der Waals surface area (Å²) in [6.07, 6.45) is -8.37. The summed E-state index contributed by atoms with van der Waals surface area (Å²) >= 11 is 0. The van der Waals surface area contributed by atoms with Crippen molar-refractivity contribution in [2.45, 2.75) is 12.4 Å². The van der Waals surface area contributed by atoms with Gasteiger partial charge in [0.05, 0.1) is 17.2 Å². The normalized spacial score (nSPS) is 12.3. The lowest BCUT2D eigenvalue weighted by Crippen LogP contribution is -2.23. The zero-order valence-corrected chi connectivity index (χ0v) is 16.3. The zero-order valence-electron chi connectivity index (χ0n) is 16.3. The van der Waals surface area contributed by atoms with Crippen LogP contribution >= 0.6 is 0 Å². The van der Waals surface area contributed by atoms with E-state index in [0.29, 0.717) is 10.8 Å². The van der Waals surface area contributed by atoms with Gasteiger partial charge in [-0.2, -0.15) is 31.4 Å². The van der Waals surface area contributed by atoms with Gasteiger partial charge in [-0.1, -0.05) is 18.2 Å². The molecule has 3 aromatic rings. The van der Waals surface area contributed by atoms with E-state index in [0.717, 1.165) is 24.4 Å². The number of furan rings is 1. The molecule has 3 rings (SSSR count). The van der Waals surface area contributed by atoms with E-state index in [2.05, 4.69) is 14.6 Å². The van der Waals surface area contributed by atoms with Crippen LogP contribution in [0.25, 0.3) is 10.8 Å². The number of ether oxygens (including phenoxy) is 2. The number of halogens is 6. The van der Waals surface area contributed by atoms with Crippen molar-refractivity contribution >= 4 is 22.9 Å². The summed E-state index contributed by atoms with van der Waals surface area (Å²) in [5, 5.41) is 14.2. The number of amides is 1. The number of alkyl halides is 6. The number of benzene rings is 2. The Morgan fingerprint density at radius 1 is 1.00 bits per heavy atom. The van der Waals surface area contributed by atoms with E-state index < -0.39 is 54.5 Å². The lowest BCUT2D eigenvalue weighted by atomic mass is 10.2. The maximum Gasteiger partial charge on any atom is 0.422 e. The number of nitrogens with one attached hydrogen (secondary N) is 1. The van der Waals surface area contributed by atoms with Crippen LogP contribution in [0.15, 0.2) is 52.0 Å². The molecule has 1 heterocycles. The van der Waals surface area contributed by atoms with Gasteiger partial charge in [0.1, 0.15) is 11.5 Å². The van der Waals surface area contributed by atoms with Crippen LogP contribution in [-0.2, 0) is 0 Å². The molecule has 1 amide bonds. The van der Waals surface area contributed by atoms with Crippen LogP contribution < -0.4 is 14.9 Å². The third-order valence-electron chi connectivity index (χ3n) is 3.97. The maximum absolute atomic E-state index is 12.5. The van der Waals surface area contributed by atoms with E-state index in [1.165, 1.54) is 0 Å². The molecule has 0 saturated heterocycles. The van der Waals surface area contributed by atoms with Crippen molar-refractivity contribution in [2.75, 3.05) is 13.2 Å². The van der Waals surface area contributed by atoms with Crippen LogP contribution in [0.5, 0.6) is 17.4 Å². The molecular weight excluding hydrogens is 462 g/mol. The Morgan fingerprint density at radius 3 is 2.30 bits per heavy atom. The standard InChI is InChI=1S/C20H14F6N2O5/c21-19(22,23)9-31-11-5-6-15(32-10-20(24,25)26)14(7-11)17(29)28-27-8-16-12-3-1-2-4-13(12)18(30)33-16/h1-8,30H,9-10H2,(H,28,29)/b27-8-. The highest BCUT2D eigenvalue weighted by molar-refractivity contribution is 6.01. The first-order valence-corrected chi connectivity index (χ1v) is 9.00. The molecule has 0 radical (unpaired) electrons. The van der Waals surface area contributed by atoms with Gasteiger partial charge >= 0.3 is 12.4 Å². The molecule has 0 saturated carbocycles. The topological polar surface area (TPSA) is 93.3 Å². The largest absolute Gasteiger partial charge is 0.484 e. The maximum atomic E-state index is 12.5. The molecule has 1 aromatic heterocycles. The van der Waals surface area contributed by atoms with Crippen LogP contribution in [0.3, 0.4) is 0 Å². The molecule has 176 valence electrons. The number of carbonyl (C=O) groups excluding carboxylic acids is 1. The summed E-state index contributed by atoms with van der Waals surface area (Å²) < 4.78 is 88.8. The van der Waals surface area contributed by atoms with E-state index in [1.54, 1.807) is 24.3 Å². The molecule has 2 N–H and O–H groups in total. The van der Waals surface area contributed by atoms with E-state index in [1.807, 2.05) is 5.43 Å². The van der Waals surface area contributed by atoms with Gasteiger partial charge in [-0.05, 0) is 24.3 Å². The minimum absolute atomic E-state index is 0.0687. The number of fused-ring (bicyclic) bond motifs is 1. The summed E-state index contributed by atoms with van der Waals surface area (Å²) in [7, 11) is 0. The minimum atomic E-state index is -4.72. The predicted molar refractivity (Wildman–Crippen MR) is 102 cm³/mol. The molecule has 0 aliphatic carbocycles. The van der Waals surface area contributed by atoms with E-state index in [9.17, 15) is 36.2 Å². The molecule has 0 spiro atoms. The van der Waals surface area contributed by atoms with Crippen molar-refractivity contribution in [1.29, 1.82) is 0 Å². The Kier molecular flexibility index (Phi) is 6.70. The SMILES string of the molecule is O=C(N/N=C\c1oc(O)c2ccccc12)c1cc(OCC(F)(F)F)ccc1OCC(F)(F)F. The highest BCUT2D eigenvalue weighted by Gasteiger charge is 2.30. The van der Waals surface area contributed by atoms with Crippen LogP contribution in [0.1, 0.15) is 16.1 Å².